The van der Waals surface area contributed by atoms with E-state index in [2.05, 4.69) is 42.9 Å². The zero-order valence-electron chi connectivity index (χ0n) is 13.6. The molecule has 116 valence electrons. The van der Waals surface area contributed by atoms with Crippen molar-refractivity contribution in [3.8, 4) is 0 Å². The predicted octanol–water partition coefficient (Wildman–Crippen LogP) is 2.05. The molecule has 0 radical (unpaired) electrons. The Morgan fingerprint density at radius 3 is 2.55 bits per heavy atom. The van der Waals surface area contributed by atoms with Gasteiger partial charge >= 0.3 is 0 Å². The SMILES string of the molecule is CCCC1NC(CCC)N(C2CCN(C)CC2C)C1=O. The molecule has 1 N–H and O–H groups in total. The van der Waals surface area contributed by atoms with Gasteiger partial charge in [0.2, 0.25) is 5.91 Å². The van der Waals surface area contributed by atoms with Crippen LogP contribution in [0.1, 0.15) is 52.9 Å². The van der Waals surface area contributed by atoms with Crippen molar-refractivity contribution >= 4 is 5.91 Å². The summed E-state index contributed by atoms with van der Waals surface area (Å²) in [5, 5.41) is 3.58. The third kappa shape index (κ3) is 3.17. The quantitative estimate of drug-likeness (QED) is 0.838. The lowest BCUT2D eigenvalue weighted by atomic mass is 9.92. The average molecular weight is 281 g/mol. The number of amides is 1. The highest BCUT2D eigenvalue weighted by atomic mass is 16.2. The minimum Gasteiger partial charge on any atom is -0.322 e. The molecule has 0 saturated carbocycles. The molecule has 4 atom stereocenters. The Labute approximate surface area is 123 Å². The zero-order valence-corrected chi connectivity index (χ0v) is 13.6. The van der Waals surface area contributed by atoms with Crippen LogP contribution in [0.4, 0.5) is 0 Å². The number of carbonyl (C=O) groups excluding carboxylic acids is 1. The number of nitrogens with one attached hydrogen (secondary N) is 1. The highest BCUT2D eigenvalue weighted by Crippen LogP contribution is 2.28. The molecular weight excluding hydrogens is 250 g/mol. The van der Waals surface area contributed by atoms with Crippen molar-refractivity contribution in [2.75, 3.05) is 20.1 Å². The van der Waals surface area contributed by atoms with Gasteiger partial charge in [0.1, 0.15) is 0 Å². The minimum absolute atomic E-state index is 0.0587. The van der Waals surface area contributed by atoms with Gasteiger partial charge in [-0.25, -0.2) is 0 Å². The molecule has 2 aliphatic heterocycles. The van der Waals surface area contributed by atoms with Crippen molar-refractivity contribution in [1.82, 2.24) is 15.1 Å². The zero-order chi connectivity index (χ0) is 14.7. The van der Waals surface area contributed by atoms with E-state index in [9.17, 15) is 4.79 Å². The number of hydrogen-bond donors (Lipinski definition) is 1. The second-order valence-electron chi connectivity index (χ2n) is 6.65. The Hall–Kier alpha value is -0.610. The summed E-state index contributed by atoms with van der Waals surface area (Å²) in [4.78, 5) is 17.3. The Morgan fingerprint density at radius 1 is 1.25 bits per heavy atom. The van der Waals surface area contributed by atoms with Crippen LogP contribution in [0.15, 0.2) is 0 Å². The van der Waals surface area contributed by atoms with E-state index in [0.29, 0.717) is 17.9 Å². The first kappa shape index (κ1) is 15.8. The summed E-state index contributed by atoms with van der Waals surface area (Å²) in [6.45, 7) is 8.87. The lowest BCUT2D eigenvalue weighted by molar-refractivity contribution is -0.134. The molecule has 0 aromatic heterocycles. The van der Waals surface area contributed by atoms with Crippen molar-refractivity contribution < 1.29 is 4.79 Å². The van der Waals surface area contributed by atoms with Gasteiger partial charge in [0.15, 0.2) is 0 Å². The van der Waals surface area contributed by atoms with E-state index < -0.39 is 0 Å². The predicted molar refractivity (Wildman–Crippen MR) is 82.4 cm³/mol. The number of nitrogens with zero attached hydrogens (tertiary/aromatic N) is 2. The van der Waals surface area contributed by atoms with Gasteiger partial charge in [-0.2, -0.15) is 0 Å². The fourth-order valence-corrected chi connectivity index (χ4v) is 3.86. The molecule has 0 aromatic carbocycles. The Kier molecular flexibility index (Phi) is 5.44. The molecule has 20 heavy (non-hydrogen) atoms. The van der Waals surface area contributed by atoms with Crippen molar-refractivity contribution in [3.63, 3.8) is 0 Å². The van der Waals surface area contributed by atoms with Crippen LogP contribution in [0, 0.1) is 5.92 Å². The van der Waals surface area contributed by atoms with E-state index in [4.69, 9.17) is 0 Å². The van der Waals surface area contributed by atoms with Crippen LogP contribution in [-0.4, -0.2) is 54.1 Å². The highest BCUT2D eigenvalue weighted by molar-refractivity contribution is 5.84. The molecule has 2 rings (SSSR count). The molecule has 0 aliphatic carbocycles. The Balaban J connectivity index is 2.11. The van der Waals surface area contributed by atoms with E-state index in [1.807, 2.05) is 0 Å². The summed E-state index contributed by atoms with van der Waals surface area (Å²) in [5.74, 6) is 0.922. The lowest BCUT2D eigenvalue weighted by Crippen LogP contribution is -2.53. The van der Waals surface area contributed by atoms with Crippen LogP contribution >= 0.6 is 0 Å². The van der Waals surface area contributed by atoms with Gasteiger partial charge in [0, 0.05) is 12.6 Å². The maximum absolute atomic E-state index is 12.8. The third-order valence-corrected chi connectivity index (χ3v) is 4.84. The van der Waals surface area contributed by atoms with Gasteiger partial charge in [0.25, 0.3) is 0 Å². The van der Waals surface area contributed by atoms with E-state index in [-0.39, 0.29) is 12.2 Å². The number of carbonyl (C=O) groups is 1. The first-order valence-electron chi connectivity index (χ1n) is 8.35. The monoisotopic (exact) mass is 281 g/mol. The highest BCUT2D eigenvalue weighted by Gasteiger charge is 2.43. The van der Waals surface area contributed by atoms with E-state index in [1.165, 1.54) is 0 Å². The fraction of sp³-hybridized carbons (Fsp3) is 0.938. The molecule has 2 fully saturated rings. The van der Waals surface area contributed by atoms with Crippen LogP contribution in [0.5, 0.6) is 0 Å². The molecule has 2 aliphatic rings. The van der Waals surface area contributed by atoms with Gasteiger partial charge in [-0.15, -0.1) is 0 Å². The van der Waals surface area contributed by atoms with Gasteiger partial charge in [-0.1, -0.05) is 33.6 Å². The van der Waals surface area contributed by atoms with Crippen LogP contribution in [0.25, 0.3) is 0 Å². The van der Waals surface area contributed by atoms with Crippen LogP contribution in [0.2, 0.25) is 0 Å². The molecule has 0 aromatic rings. The topological polar surface area (TPSA) is 35.6 Å². The molecule has 4 nitrogen and oxygen atoms in total. The first-order valence-corrected chi connectivity index (χ1v) is 8.35. The van der Waals surface area contributed by atoms with Crippen molar-refractivity contribution in [2.45, 2.75) is 71.1 Å². The number of likely N-dealkylation sites (tertiary alicyclic amines) is 1. The number of hydrogen-bond acceptors (Lipinski definition) is 3. The maximum Gasteiger partial charge on any atom is 0.241 e. The van der Waals surface area contributed by atoms with E-state index >= 15 is 0 Å². The summed E-state index contributed by atoms with van der Waals surface area (Å²) in [7, 11) is 2.18. The smallest absolute Gasteiger partial charge is 0.241 e. The number of piperidine rings is 1. The Bertz CT molecular complexity index is 334. The van der Waals surface area contributed by atoms with E-state index in [1.54, 1.807) is 0 Å². The summed E-state index contributed by atoms with van der Waals surface area (Å²) < 4.78 is 0. The molecule has 0 bridgehead atoms. The largest absolute Gasteiger partial charge is 0.322 e. The minimum atomic E-state index is 0.0587. The average Bonchev–Trinajstić information content (AvgIpc) is 2.68. The molecular formula is C16H31N3O. The molecule has 2 heterocycles. The van der Waals surface area contributed by atoms with Crippen LogP contribution in [-0.2, 0) is 4.79 Å². The summed E-state index contributed by atoms with van der Waals surface area (Å²) in [6.07, 6.45) is 5.62. The first-order chi connectivity index (χ1) is 9.58. The second-order valence-corrected chi connectivity index (χ2v) is 6.65. The second kappa shape index (κ2) is 6.90. The molecule has 4 heteroatoms. The van der Waals surface area contributed by atoms with Gasteiger partial charge in [-0.05, 0) is 38.8 Å². The Morgan fingerprint density at radius 2 is 1.95 bits per heavy atom. The van der Waals surface area contributed by atoms with Gasteiger partial charge in [0.05, 0.1) is 12.2 Å². The van der Waals surface area contributed by atoms with Crippen LogP contribution in [0.3, 0.4) is 0 Å². The van der Waals surface area contributed by atoms with Crippen molar-refractivity contribution in [3.05, 3.63) is 0 Å². The fourth-order valence-electron chi connectivity index (χ4n) is 3.86. The third-order valence-electron chi connectivity index (χ3n) is 4.84. The molecule has 0 spiro atoms. The van der Waals surface area contributed by atoms with Gasteiger partial charge in [-0.3, -0.25) is 10.1 Å². The maximum atomic E-state index is 12.8. The van der Waals surface area contributed by atoms with Gasteiger partial charge < -0.3 is 9.80 Å². The van der Waals surface area contributed by atoms with Crippen molar-refractivity contribution in [2.24, 2.45) is 5.92 Å². The summed E-state index contributed by atoms with van der Waals surface area (Å²) >= 11 is 0. The number of rotatable bonds is 5. The van der Waals surface area contributed by atoms with E-state index in [0.717, 1.165) is 45.2 Å². The van der Waals surface area contributed by atoms with Crippen molar-refractivity contribution in [1.29, 1.82) is 0 Å². The summed E-state index contributed by atoms with van der Waals surface area (Å²) in [6, 6.07) is 0.480. The summed E-state index contributed by atoms with van der Waals surface area (Å²) in [5.41, 5.74) is 0. The molecule has 1 amide bonds. The standard InChI is InChI=1S/C16H31N3O/c1-5-7-13-16(20)19(15(17-13)8-6-2)14-9-10-18(4)11-12(14)3/h12-15,17H,5-11H2,1-4H3. The molecule has 2 saturated heterocycles. The lowest BCUT2D eigenvalue weighted by Gasteiger charge is -2.42. The van der Waals surface area contributed by atoms with Crippen LogP contribution < -0.4 is 5.32 Å². The molecule has 4 unspecified atom stereocenters. The normalized spacial score (nSPS) is 35.8.